The molecule has 0 bridgehead atoms. The highest BCUT2D eigenvalue weighted by molar-refractivity contribution is 8.04. The first-order chi connectivity index (χ1) is 16.4. The zero-order chi connectivity index (χ0) is 24.5. The normalized spacial score (nSPS) is 16.2. The molecule has 0 unspecified atom stereocenters. The Bertz CT molecular complexity index is 996. The molecule has 1 aromatic heterocycles. The Morgan fingerprint density at radius 2 is 1.79 bits per heavy atom. The number of para-hydroxylation sites is 1. The predicted octanol–water partition coefficient (Wildman–Crippen LogP) is 5.85. The van der Waals surface area contributed by atoms with Crippen LogP contribution in [-0.2, 0) is 14.4 Å². The van der Waals surface area contributed by atoms with Crippen LogP contribution in [0.4, 0.5) is 5.69 Å². The molecule has 4 rings (SSSR count). The van der Waals surface area contributed by atoms with Gasteiger partial charge in [0.05, 0.1) is 25.3 Å². The molecule has 8 heteroatoms. The lowest BCUT2D eigenvalue weighted by Crippen LogP contribution is -2.40. The monoisotopic (exact) mass is 486 g/mol. The number of aryl methyl sites for hydroxylation is 2. The van der Waals surface area contributed by atoms with Gasteiger partial charge in [0.15, 0.2) is 0 Å². The third-order valence-electron chi connectivity index (χ3n) is 5.78. The van der Waals surface area contributed by atoms with Gasteiger partial charge < -0.3 is 14.5 Å². The molecule has 1 aliphatic heterocycles. The summed E-state index contributed by atoms with van der Waals surface area (Å²) in [6.45, 7) is 6.17. The van der Waals surface area contributed by atoms with E-state index >= 15 is 0 Å². The number of ether oxygens (including phenoxy) is 1. The van der Waals surface area contributed by atoms with Crippen LogP contribution >= 0.6 is 11.8 Å². The van der Waals surface area contributed by atoms with Crippen molar-refractivity contribution in [3.63, 3.8) is 0 Å². The minimum Gasteiger partial charge on any atom is -0.496 e. The second-order valence-corrected chi connectivity index (χ2v) is 9.44. The number of nitrogens with zero attached hydrogens (tertiary/aromatic N) is 1. The molecule has 1 aliphatic carbocycles. The third-order valence-corrected chi connectivity index (χ3v) is 6.91. The number of hydrogen-bond donors (Lipinski definition) is 1. The first kappa shape index (κ1) is 25.9. The molecule has 1 aromatic carbocycles. The third kappa shape index (κ3) is 6.90. The van der Waals surface area contributed by atoms with Crippen LogP contribution in [-0.4, -0.2) is 42.4 Å². The fourth-order valence-electron chi connectivity index (χ4n) is 4.12. The van der Waals surface area contributed by atoms with Gasteiger partial charge in [-0.25, -0.2) is 5.06 Å². The molecule has 0 radical (unpaired) electrons. The molecule has 1 N–H and O–H groups in total. The molecule has 0 saturated heterocycles. The maximum atomic E-state index is 12.5. The van der Waals surface area contributed by atoms with Gasteiger partial charge in [-0.1, -0.05) is 37.5 Å². The summed E-state index contributed by atoms with van der Waals surface area (Å²) in [5.74, 6) is 2.79. The molecule has 2 aromatic rings. The summed E-state index contributed by atoms with van der Waals surface area (Å²) in [6, 6.07) is 11.4. The van der Waals surface area contributed by atoms with Crippen molar-refractivity contribution in [3.8, 4) is 0 Å². The Labute approximate surface area is 205 Å². The molecule has 7 nitrogen and oxygen atoms in total. The summed E-state index contributed by atoms with van der Waals surface area (Å²) >= 11 is 1.54. The number of amides is 2. The van der Waals surface area contributed by atoms with E-state index in [4.69, 9.17) is 14.0 Å². The molecule has 2 heterocycles. The van der Waals surface area contributed by atoms with E-state index < -0.39 is 0 Å². The number of benzene rings is 1. The quantitative estimate of drug-likeness (QED) is 0.534. The van der Waals surface area contributed by atoms with Crippen molar-refractivity contribution in [2.45, 2.75) is 58.9 Å². The number of carbonyl (C=O) groups is 2. The maximum Gasteiger partial charge on any atom is 0.281 e. The number of carbonyl (C=O) groups excluding carboxylic acids is 2. The average Bonchev–Trinajstić information content (AvgIpc) is 3.19. The smallest absolute Gasteiger partial charge is 0.281 e. The highest BCUT2D eigenvalue weighted by Gasteiger charge is 2.28. The van der Waals surface area contributed by atoms with E-state index in [-0.39, 0.29) is 17.9 Å². The molecule has 34 heavy (non-hydrogen) atoms. The lowest BCUT2D eigenvalue weighted by Gasteiger charge is -2.31. The number of hydroxylamine groups is 2. The van der Waals surface area contributed by atoms with Gasteiger partial charge in [0, 0.05) is 11.4 Å². The standard InChI is InChI=1S/C14H21NO3.C12H13NO2S/c1-10-9-13(11(2)18-10)14(16)15(17-3)12-7-5-4-6-8-12;1-9-11(16-8-7-15-9)12(14)13-10-5-3-2-4-6-10/h9,12H,4-8H2,1-3H3;2-6H,7-8H2,1H3,(H,13,14). The van der Waals surface area contributed by atoms with Crippen molar-refractivity contribution in [2.24, 2.45) is 0 Å². The molecule has 0 atom stereocenters. The Morgan fingerprint density at radius 3 is 2.38 bits per heavy atom. The van der Waals surface area contributed by atoms with E-state index in [0.29, 0.717) is 28.6 Å². The lowest BCUT2D eigenvalue weighted by atomic mass is 9.95. The number of allylic oxidation sites excluding steroid dienone is 1. The Morgan fingerprint density at radius 1 is 1.09 bits per heavy atom. The second-order valence-electron chi connectivity index (χ2n) is 8.33. The lowest BCUT2D eigenvalue weighted by molar-refractivity contribution is -0.129. The van der Waals surface area contributed by atoms with Crippen molar-refractivity contribution >= 4 is 29.3 Å². The van der Waals surface area contributed by atoms with E-state index in [0.717, 1.165) is 30.0 Å². The molecule has 2 aliphatic rings. The number of hydrogen-bond acceptors (Lipinski definition) is 6. The maximum absolute atomic E-state index is 12.5. The Kier molecular flexibility index (Phi) is 9.65. The van der Waals surface area contributed by atoms with E-state index in [1.165, 1.54) is 24.3 Å². The van der Waals surface area contributed by atoms with Gasteiger partial charge in [-0.3, -0.25) is 14.4 Å². The number of rotatable bonds is 5. The van der Waals surface area contributed by atoms with Gasteiger partial charge in [0.1, 0.15) is 22.2 Å². The van der Waals surface area contributed by atoms with E-state index in [9.17, 15) is 9.59 Å². The molecule has 1 fully saturated rings. The van der Waals surface area contributed by atoms with E-state index in [1.54, 1.807) is 24.9 Å². The summed E-state index contributed by atoms with van der Waals surface area (Å²) in [5.41, 5.74) is 1.42. The zero-order valence-electron chi connectivity index (χ0n) is 20.4. The minimum absolute atomic E-state index is 0.0845. The number of thioether (sulfide) groups is 1. The topological polar surface area (TPSA) is 81.0 Å². The molecular weight excluding hydrogens is 452 g/mol. The Balaban J connectivity index is 0.000000192. The molecule has 184 valence electrons. The van der Waals surface area contributed by atoms with Crippen LogP contribution in [0.25, 0.3) is 0 Å². The SMILES string of the molecule is CC1=C(C(=O)Nc2ccccc2)SCCO1.CON(C(=O)c1cc(C)oc1C)C1CCCCC1. The van der Waals surface area contributed by atoms with Gasteiger partial charge in [0.2, 0.25) is 0 Å². The minimum atomic E-state index is -0.0894. The fraction of sp³-hybridized carbons (Fsp3) is 0.462. The summed E-state index contributed by atoms with van der Waals surface area (Å²) in [7, 11) is 1.56. The summed E-state index contributed by atoms with van der Waals surface area (Å²) < 4.78 is 10.8. The van der Waals surface area contributed by atoms with Crippen molar-refractivity contribution in [3.05, 3.63) is 64.1 Å². The predicted molar refractivity (Wildman–Crippen MR) is 134 cm³/mol. The number of furan rings is 1. The largest absolute Gasteiger partial charge is 0.496 e. The Hall–Kier alpha value is -2.71. The average molecular weight is 487 g/mol. The summed E-state index contributed by atoms with van der Waals surface area (Å²) in [6.07, 6.45) is 5.64. The van der Waals surface area contributed by atoms with Crippen LogP contribution < -0.4 is 5.32 Å². The van der Waals surface area contributed by atoms with Crippen LogP contribution in [0.5, 0.6) is 0 Å². The van der Waals surface area contributed by atoms with Crippen molar-refractivity contribution in [1.82, 2.24) is 5.06 Å². The van der Waals surface area contributed by atoms with Gasteiger partial charge >= 0.3 is 0 Å². The molecule has 2 amide bonds. The summed E-state index contributed by atoms with van der Waals surface area (Å²) in [5, 5.41) is 4.37. The second kappa shape index (κ2) is 12.7. The van der Waals surface area contributed by atoms with Gasteiger partial charge in [0.25, 0.3) is 11.8 Å². The van der Waals surface area contributed by atoms with Crippen molar-refractivity contribution < 1.29 is 23.6 Å². The molecule has 1 saturated carbocycles. The van der Waals surface area contributed by atoms with Crippen LogP contribution in [0.1, 0.15) is 60.9 Å². The highest BCUT2D eigenvalue weighted by atomic mass is 32.2. The fourth-order valence-corrected chi connectivity index (χ4v) is 4.93. The highest BCUT2D eigenvalue weighted by Crippen LogP contribution is 2.27. The first-order valence-corrected chi connectivity index (χ1v) is 12.7. The summed E-state index contributed by atoms with van der Waals surface area (Å²) in [4.78, 5) is 30.3. The number of nitrogens with one attached hydrogen (secondary N) is 1. The van der Waals surface area contributed by atoms with Gasteiger partial charge in [-0.05, 0) is 51.8 Å². The molecule has 0 spiro atoms. The van der Waals surface area contributed by atoms with Gasteiger partial charge in [-0.2, -0.15) is 0 Å². The first-order valence-electron chi connectivity index (χ1n) is 11.7. The van der Waals surface area contributed by atoms with E-state index in [1.807, 2.05) is 51.1 Å². The van der Waals surface area contributed by atoms with Crippen molar-refractivity contribution in [1.29, 1.82) is 0 Å². The van der Waals surface area contributed by atoms with E-state index in [2.05, 4.69) is 5.32 Å². The number of anilines is 1. The van der Waals surface area contributed by atoms with Crippen LogP contribution in [0.15, 0.2) is 51.5 Å². The van der Waals surface area contributed by atoms with Crippen LogP contribution in [0.3, 0.4) is 0 Å². The van der Waals surface area contributed by atoms with Crippen LogP contribution in [0.2, 0.25) is 0 Å². The van der Waals surface area contributed by atoms with Crippen molar-refractivity contribution in [2.75, 3.05) is 24.8 Å². The van der Waals surface area contributed by atoms with Gasteiger partial charge in [-0.15, -0.1) is 11.8 Å². The molecular formula is C26H34N2O5S. The zero-order valence-corrected chi connectivity index (χ0v) is 21.2. The van der Waals surface area contributed by atoms with Crippen LogP contribution in [0, 0.1) is 13.8 Å².